The molecule has 0 spiro atoms. The van der Waals surface area contributed by atoms with Gasteiger partial charge in [0.05, 0.1) is 10.9 Å². The second kappa shape index (κ2) is 6.09. The number of aliphatic carboxylic acids is 1. The van der Waals surface area contributed by atoms with Crippen molar-refractivity contribution in [3.63, 3.8) is 0 Å². The van der Waals surface area contributed by atoms with Crippen molar-refractivity contribution in [1.82, 2.24) is 10.2 Å². The summed E-state index contributed by atoms with van der Waals surface area (Å²) < 4.78 is 13.6. The van der Waals surface area contributed by atoms with Crippen LogP contribution in [0, 0.1) is 11.7 Å². The van der Waals surface area contributed by atoms with Crippen molar-refractivity contribution in [2.24, 2.45) is 5.92 Å². The molecule has 0 radical (unpaired) electrons. The Morgan fingerprint density at radius 2 is 2.25 bits per heavy atom. The lowest BCUT2D eigenvalue weighted by Gasteiger charge is -2.17. The molecule has 1 heterocycles. The number of amides is 2. The fourth-order valence-corrected chi connectivity index (χ4v) is 2.31. The van der Waals surface area contributed by atoms with Gasteiger partial charge in [0.2, 0.25) is 0 Å². The van der Waals surface area contributed by atoms with Gasteiger partial charge in [0, 0.05) is 25.2 Å². The summed E-state index contributed by atoms with van der Waals surface area (Å²) in [5.41, 5.74) is 0.292. The Labute approximate surface area is 120 Å². The summed E-state index contributed by atoms with van der Waals surface area (Å²) >= 11 is 5.65. The van der Waals surface area contributed by atoms with Crippen molar-refractivity contribution < 1.29 is 19.1 Å². The Hall–Kier alpha value is -1.82. The van der Waals surface area contributed by atoms with Crippen LogP contribution in [0.4, 0.5) is 9.18 Å². The third-order valence-corrected chi connectivity index (χ3v) is 3.58. The Morgan fingerprint density at radius 3 is 2.90 bits per heavy atom. The molecular weight excluding hydrogens is 287 g/mol. The van der Waals surface area contributed by atoms with Gasteiger partial charge in [0.1, 0.15) is 5.82 Å². The number of hydrogen-bond acceptors (Lipinski definition) is 2. The molecule has 0 aliphatic carbocycles. The molecule has 108 valence electrons. The lowest BCUT2D eigenvalue weighted by Crippen LogP contribution is -2.38. The number of halogens is 2. The first kappa shape index (κ1) is 14.6. The quantitative estimate of drug-likeness (QED) is 0.898. The molecule has 1 aromatic carbocycles. The van der Waals surface area contributed by atoms with Crippen molar-refractivity contribution >= 4 is 23.6 Å². The van der Waals surface area contributed by atoms with Gasteiger partial charge >= 0.3 is 12.0 Å². The van der Waals surface area contributed by atoms with Gasteiger partial charge in [0.15, 0.2) is 0 Å². The van der Waals surface area contributed by atoms with Gasteiger partial charge < -0.3 is 15.3 Å². The van der Waals surface area contributed by atoms with Crippen LogP contribution in [0.3, 0.4) is 0 Å². The average Bonchev–Trinajstić information content (AvgIpc) is 2.90. The topological polar surface area (TPSA) is 69.6 Å². The summed E-state index contributed by atoms with van der Waals surface area (Å²) in [6, 6.07) is 4.17. The van der Waals surface area contributed by atoms with Crippen LogP contribution in [0.5, 0.6) is 0 Å². The fourth-order valence-electron chi connectivity index (χ4n) is 2.11. The van der Waals surface area contributed by atoms with E-state index in [0.29, 0.717) is 18.5 Å². The largest absolute Gasteiger partial charge is 0.481 e. The van der Waals surface area contributed by atoms with Gasteiger partial charge in [-0.1, -0.05) is 23.7 Å². The van der Waals surface area contributed by atoms with Crippen LogP contribution in [0.25, 0.3) is 0 Å². The van der Waals surface area contributed by atoms with E-state index in [1.807, 2.05) is 0 Å². The van der Waals surface area contributed by atoms with Gasteiger partial charge in [0.25, 0.3) is 0 Å². The third-order valence-electron chi connectivity index (χ3n) is 3.29. The second-order valence-corrected chi connectivity index (χ2v) is 5.05. The van der Waals surface area contributed by atoms with Crippen LogP contribution in [-0.4, -0.2) is 35.1 Å². The highest BCUT2D eigenvalue weighted by Gasteiger charge is 2.30. The first-order valence-electron chi connectivity index (χ1n) is 6.17. The summed E-state index contributed by atoms with van der Waals surface area (Å²) in [6.07, 6.45) is 0.439. The van der Waals surface area contributed by atoms with Crippen molar-refractivity contribution in [2.75, 3.05) is 13.1 Å². The molecule has 1 fully saturated rings. The molecule has 7 heteroatoms. The molecule has 0 bridgehead atoms. The lowest BCUT2D eigenvalue weighted by molar-refractivity contribution is -0.141. The predicted octanol–water partition coefficient (Wildman–Crippen LogP) is 2.10. The number of nitrogens with one attached hydrogen (secondary N) is 1. The number of nitrogens with zero attached hydrogens (tertiary/aromatic N) is 1. The number of carbonyl (C=O) groups is 2. The zero-order chi connectivity index (χ0) is 14.7. The summed E-state index contributed by atoms with van der Waals surface area (Å²) in [5.74, 6) is -1.98. The Kier molecular flexibility index (Phi) is 4.44. The first-order chi connectivity index (χ1) is 9.49. The minimum Gasteiger partial charge on any atom is -0.481 e. The molecule has 1 aliphatic heterocycles. The first-order valence-corrected chi connectivity index (χ1v) is 6.55. The van der Waals surface area contributed by atoms with Crippen molar-refractivity contribution in [3.05, 3.63) is 34.6 Å². The Balaban J connectivity index is 1.90. The number of carboxylic acids is 1. The number of benzene rings is 1. The van der Waals surface area contributed by atoms with Gasteiger partial charge in [-0.15, -0.1) is 0 Å². The molecule has 2 amide bonds. The van der Waals surface area contributed by atoms with Crippen LogP contribution < -0.4 is 5.32 Å². The minimum atomic E-state index is -0.902. The van der Waals surface area contributed by atoms with E-state index in [4.69, 9.17) is 16.7 Å². The summed E-state index contributed by atoms with van der Waals surface area (Å²) in [7, 11) is 0. The maximum Gasteiger partial charge on any atom is 0.317 e. The molecule has 2 N–H and O–H groups in total. The van der Waals surface area contributed by atoms with Gasteiger partial charge in [-0.05, 0) is 12.5 Å². The molecule has 1 unspecified atom stereocenters. The number of hydrogen-bond donors (Lipinski definition) is 2. The second-order valence-electron chi connectivity index (χ2n) is 4.64. The van der Waals surface area contributed by atoms with E-state index in [1.165, 1.54) is 17.0 Å². The molecule has 2 rings (SSSR count). The predicted molar refractivity (Wildman–Crippen MR) is 71.0 cm³/mol. The molecule has 1 atom stereocenters. The zero-order valence-corrected chi connectivity index (χ0v) is 11.4. The third kappa shape index (κ3) is 3.19. The normalized spacial score (nSPS) is 18.1. The lowest BCUT2D eigenvalue weighted by atomic mass is 10.1. The van der Waals surface area contributed by atoms with E-state index < -0.39 is 23.7 Å². The van der Waals surface area contributed by atoms with Crippen LogP contribution in [0.15, 0.2) is 18.2 Å². The van der Waals surface area contributed by atoms with Crippen molar-refractivity contribution in [3.8, 4) is 0 Å². The number of likely N-dealkylation sites (tertiary alicyclic amines) is 1. The molecular formula is C13H14ClFN2O3. The number of rotatable bonds is 3. The van der Waals surface area contributed by atoms with Gasteiger partial charge in [-0.2, -0.15) is 0 Å². The van der Waals surface area contributed by atoms with Crippen LogP contribution in [0.1, 0.15) is 12.0 Å². The molecule has 1 aromatic rings. The number of urea groups is 1. The standard InChI is InChI=1S/C13H14ClFN2O3/c14-10-3-1-2-8(11(10)15)6-16-13(20)17-5-4-9(7-17)12(18)19/h1-3,9H,4-7H2,(H,16,20)(H,18,19). The van der Waals surface area contributed by atoms with Crippen molar-refractivity contribution in [1.29, 1.82) is 0 Å². The summed E-state index contributed by atoms with van der Waals surface area (Å²) in [4.78, 5) is 24.1. The smallest absolute Gasteiger partial charge is 0.317 e. The van der Waals surface area contributed by atoms with Crippen molar-refractivity contribution in [2.45, 2.75) is 13.0 Å². The molecule has 1 aliphatic rings. The van der Waals surface area contributed by atoms with E-state index >= 15 is 0 Å². The number of carboxylic acid groups (broad SMARTS) is 1. The van der Waals surface area contributed by atoms with Gasteiger partial charge in [-0.3, -0.25) is 4.79 Å². The molecule has 1 saturated heterocycles. The molecule has 5 nitrogen and oxygen atoms in total. The maximum absolute atomic E-state index is 13.6. The monoisotopic (exact) mass is 300 g/mol. The van der Waals surface area contributed by atoms with Gasteiger partial charge in [-0.25, -0.2) is 9.18 Å². The van der Waals surface area contributed by atoms with E-state index in [0.717, 1.165) is 0 Å². The molecule has 0 aromatic heterocycles. The molecule has 20 heavy (non-hydrogen) atoms. The fraction of sp³-hybridized carbons (Fsp3) is 0.385. The highest BCUT2D eigenvalue weighted by molar-refractivity contribution is 6.30. The van der Waals surface area contributed by atoms with E-state index in [2.05, 4.69) is 5.32 Å². The van der Waals surface area contributed by atoms with E-state index in [9.17, 15) is 14.0 Å². The summed E-state index contributed by atoms with van der Waals surface area (Å²) in [5, 5.41) is 11.4. The van der Waals surface area contributed by atoms with Crippen LogP contribution >= 0.6 is 11.6 Å². The SMILES string of the molecule is O=C(O)C1CCN(C(=O)NCc2cccc(Cl)c2F)C1. The molecule has 0 saturated carbocycles. The van der Waals surface area contributed by atoms with Crippen LogP contribution in [0.2, 0.25) is 5.02 Å². The Morgan fingerprint density at radius 1 is 1.50 bits per heavy atom. The van der Waals surface area contributed by atoms with E-state index in [-0.39, 0.29) is 18.1 Å². The van der Waals surface area contributed by atoms with E-state index in [1.54, 1.807) is 6.07 Å². The maximum atomic E-state index is 13.6. The zero-order valence-electron chi connectivity index (χ0n) is 10.6. The summed E-state index contributed by atoms with van der Waals surface area (Å²) in [6.45, 7) is 0.583. The number of carbonyl (C=O) groups excluding carboxylic acids is 1. The highest BCUT2D eigenvalue weighted by atomic mass is 35.5. The van der Waals surface area contributed by atoms with Crippen LogP contribution in [-0.2, 0) is 11.3 Å². The highest BCUT2D eigenvalue weighted by Crippen LogP contribution is 2.19. The Bertz CT molecular complexity index is 538. The minimum absolute atomic E-state index is 0.00358. The average molecular weight is 301 g/mol.